The zero-order valence-corrected chi connectivity index (χ0v) is 16.4. The second kappa shape index (κ2) is 8.70. The fourth-order valence-electron chi connectivity index (χ4n) is 2.67. The van der Waals surface area contributed by atoms with E-state index in [0.717, 1.165) is 12.1 Å². The Labute approximate surface area is 181 Å². The molecule has 0 fully saturated rings. The molecule has 1 amide bonds. The Morgan fingerprint density at radius 3 is 1.97 bits per heavy atom. The van der Waals surface area contributed by atoms with E-state index in [1.54, 1.807) is 0 Å². The Bertz CT molecular complexity index is 1110. The van der Waals surface area contributed by atoms with Crippen molar-refractivity contribution < 1.29 is 40.3 Å². The lowest BCUT2D eigenvalue weighted by atomic mass is 10.1. The number of carbonyl (C=O) groups is 1. The van der Waals surface area contributed by atoms with Crippen LogP contribution in [0.1, 0.15) is 21.5 Å². The van der Waals surface area contributed by atoms with Gasteiger partial charge < -0.3 is 10.1 Å². The quantitative estimate of drug-likeness (QED) is 0.394. The molecule has 168 valence electrons. The Morgan fingerprint density at radius 1 is 0.812 bits per heavy atom. The molecule has 0 radical (unpaired) electrons. The van der Waals surface area contributed by atoms with Gasteiger partial charge in [0.2, 0.25) is 0 Å². The van der Waals surface area contributed by atoms with Gasteiger partial charge in [-0.1, -0.05) is 23.7 Å². The summed E-state index contributed by atoms with van der Waals surface area (Å²) in [7, 11) is 0. The molecule has 32 heavy (non-hydrogen) atoms. The molecule has 0 aliphatic heterocycles. The number of hydrogen-bond donors (Lipinski definition) is 1. The van der Waals surface area contributed by atoms with Crippen LogP contribution in [0.3, 0.4) is 0 Å². The molecule has 11 heteroatoms. The summed E-state index contributed by atoms with van der Waals surface area (Å²) in [6.45, 7) is 0. The lowest BCUT2D eigenvalue weighted by Crippen LogP contribution is -2.14. The van der Waals surface area contributed by atoms with Gasteiger partial charge in [0.05, 0.1) is 21.7 Å². The van der Waals surface area contributed by atoms with Crippen molar-refractivity contribution in [3.05, 3.63) is 88.2 Å². The summed E-state index contributed by atoms with van der Waals surface area (Å²) < 4.78 is 97.0. The summed E-state index contributed by atoms with van der Waals surface area (Å²) >= 11 is 5.82. The van der Waals surface area contributed by atoms with Crippen LogP contribution in [-0.4, -0.2) is 5.91 Å². The van der Waals surface area contributed by atoms with Crippen LogP contribution in [0, 0.1) is 5.82 Å². The van der Waals surface area contributed by atoms with Gasteiger partial charge in [-0.3, -0.25) is 4.79 Å². The molecule has 0 saturated heterocycles. The van der Waals surface area contributed by atoms with E-state index in [9.17, 15) is 35.5 Å². The van der Waals surface area contributed by atoms with Crippen molar-refractivity contribution in [2.24, 2.45) is 0 Å². The molecule has 3 rings (SSSR count). The summed E-state index contributed by atoms with van der Waals surface area (Å²) in [5.41, 5.74) is -3.48. The maximum absolute atomic E-state index is 13.9. The average molecular weight is 478 g/mol. The first-order valence-electron chi connectivity index (χ1n) is 8.67. The zero-order chi connectivity index (χ0) is 23.7. The van der Waals surface area contributed by atoms with Crippen LogP contribution in [0.25, 0.3) is 0 Å². The number of nitrogens with one attached hydrogen (secondary N) is 1. The molecule has 3 aromatic rings. The van der Waals surface area contributed by atoms with Crippen LogP contribution in [0.4, 0.5) is 36.4 Å². The number of hydrogen-bond acceptors (Lipinski definition) is 2. The topological polar surface area (TPSA) is 38.3 Å². The first kappa shape index (κ1) is 23.4. The van der Waals surface area contributed by atoms with Crippen LogP contribution in [-0.2, 0) is 12.4 Å². The van der Waals surface area contributed by atoms with E-state index < -0.39 is 46.5 Å². The van der Waals surface area contributed by atoms with Crippen LogP contribution < -0.4 is 10.1 Å². The third-order valence-corrected chi connectivity index (χ3v) is 4.39. The van der Waals surface area contributed by atoms with E-state index in [4.69, 9.17) is 16.3 Å². The molecule has 0 heterocycles. The highest BCUT2D eigenvalue weighted by atomic mass is 35.5. The van der Waals surface area contributed by atoms with Crippen LogP contribution in [0.15, 0.2) is 60.7 Å². The minimum atomic E-state index is -5.03. The third kappa shape index (κ3) is 5.50. The Hall–Kier alpha value is -3.27. The molecule has 0 atom stereocenters. The number of benzene rings is 3. The maximum atomic E-state index is 13.9. The molecule has 0 aliphatic rings. The van der Waals surface area contributed by atoms with Gasteiger partial charge in [-0.05, 0) is 42.5 Å². The van der Waals surface area contributed by atoms with Gasteiger partial charge in [0.15, 0.2) is 0 Å². The minimum Gasteiger partial charge on any atom is -0.457 e. The molecule has 3 nitrogen and oxygen atoms in total. The Morgan fingerprint density at radius 2 is 1.41 bits per heavy atom. The van der Waals surface area contributed by atoms with Gasteiger partial charge in [-0.2, -0.15) is 26.3 Å². The van der Waals surface area contributed by atoms with Crippen LogP contribution in [0.5, 0.6) is 11.5 Å². The first-order chi connectivity index (χ1) is 14.8. The summed E-state index contributed by atoms with van der Waals surface area (Å²) in [6, 6.07) is 9.49. The predicted octanol–water partition coefficient (Wildman–Crippen LogP) is 7.56. The fraction of sp³-hybridized carbons (Fsp3) is 0.0952. The van der Waals surface area contributed by atoms with E-state index >= 15 is 0 Å². The van der Waals surface area contributed by atoms with Crippen molar-refractivity contribution in [2.75, 3.05) is 5.32 Å². The average Bonchev–Trinajstić information content (AvgIpc) is 2.66. The minimum absolute atomic E-state index is 0.0261. The summed E-state index contributed by atoms with van der Waals surface area (Å²) in [5.74, 6) is -2.68. The number of ether oxygens (including phenoxy) is 1. The van der Waals surface area contributed by atoms with E-state index in [2.05, 4.69) is 5.32 Å². The second-order valence-electron chi connectivity index (χ2n) is 6.42. The number of carbonyl (C=O) groups excluding carboxylic acids is 1. The van der Waals surface area contributed by atoms with Crippen molar-refractivity contribution in [1.29, 1.82) is 0 Å². The number of rotatable bonds is 4. The van der Waals surface area contributed by atoms with Crippen molar-refractivity contribution in [2.45, 2.75) is 12.4 Å². The molecule has 1 N–H and O–H groups in total. The van der Waals surface area contributed by atoms with Crippen LogP contribution in [0.2, 0.25) is 5.02 Å². The lowest BCUT2D eigenvalue weighted by Gasteiger charge is -2.15. The molecule has 0 aromatic heterocycles. The molecule has 0 saturated carbocycles. The normalized spacial score (nSPS) is 11.9. The number of alkyl halides is 6. The van der Waals surface area contributed by atoms with Crippen molar-refractivity contribution in [3.63, 3.8) is 0 Å². The Balaban J connectivity index is 1.88. The van der Waals surface area contributed by atoms with Gasteiger partial charge in [-0.15, -0.1) is 0 Å². The van der Waals surface area contributed by atoms with Crippen molar-refractivity contribution >= 4 is 23.2 Å². The smallest absolute Gasteiger partial charge is 0.416 e. The van der Waals surface area contributed by atoms with E-state index in [0.29, 0.717) is 12.1 Å². The highest BCUT2D eigenvalue weighted by molar-refractivity contribution is 6.34. The summed E-state index contributed by atoms with van der Waals surface area (Å²) in [5, 5.41) is 2.18. The SMILES string of the molecule is O=C(Nc1cccc(Oc2cc(C(F)(F)F)cc(C(F)(F)F)c2)c1)c1c(F)cccc1Cl. The van der Waals surface area contributed by atoms with Crippen molar-refractivity contribution in [3.8, 4) is 11.5 Å². The van der Waals surface area contributed by atoms with Gasteiger partial charge in [0.25, 0.3) is 5.91 Å². The van der Waals surface area contributed by atoms with E-state index in [1.165, 1.54) is 30.3 Å². The lowest BCUT2D eigenvalue weighted by molar-refractivity contribution is -0.143. The third-order valence-electron chi connectivity index (χ3n) is 4.08. The van der Waals surface area contributed by atoms with Gasteiger partial charge in [0.1, 0.15) is 17.3 Å². The van der Waals surface area contributed by atoms with Crippen molar-refractivity contribution in [1.82, 2.24) is 0 Å². The number of anilines is 1. The molecule has 0 aliphatic carbocycles. The molecule has 0 bridgehead atoms. The highest BCUT2D eigenvalue weighted by Gasteiger charge is 2.37. The van der Waals surface area contributed by atoms with Gasteiger partial charge in [-0.25, -0.2) is 4.39 Å². The standard InChI is InChI=1S/C21H11ClF7NO2/c22-16-5-2-6-17(23)18(16)19(31)30-13-3-1-4-14(10-13)32-15-8-11(20(24,25)26)7-12(9-15)21(27,28)29/h1-10H,(H,30,31). The van der Waals surface area contributed by atoms with Crippen LogP contribution >= 0.6 is 11.6 Å². The largest absolute Gasteiger partial charge is 0.457 e. The predicted molar refractivity (Wildman–Crippen MR) is 102 cm³/mol. The fourth-order valence-corrected chi connectivity index (χ4v) is 2.92. The number of halogens is 8. The second-order valence-corrected chi connectivity index (χ2v) is 6.83. The monoisotopic (exact) mass is 477 g/mol. The summed E-state index contributed by atoms with van der Waals surface area (Å²) in [6.07, 6.45) is -10.1. The molecular weight excluding hydrogens is 467 g/mol. The van der Waals surface area contributed by atoms with Gasteiger partial charge >= 0.3 is 12.4 Å². The van der Waals surface area contributed by atoms with E-state index in [-0.39, 0.29) is 22.5 Å². The molecule has 3 aromatic carbocycles. The number of amides is 1. The molecule has 0 unspecified atom stereocenters. The maximum Gasteiger partial charge on any atom is 0.416 e. The Kier molecular flexibility index (Phi) is 6.36. The molecular formula is C21H11ClF7NO2. The highest BCUT2D eigenvalue weighted by Crippen LogP contribution is 2.39. The van der Waals surface area contributed by atoms with Gasteiger partial charge in [0, 0.05) is 11.8 Å². The molecule has 0 spiro atoms. The first-order valence-corrected chi connectivity index (χ1v) is 9.05. The van der Waals surface area contributed by atoms with E-state index in [1.807, 2.05) is 0 Å². The zero-order valence-electron chi connectivity index (χ0n) is 15.6. The summed E-state index contributed by atoms with van der Waals surface area (Å²) in [4.78, 5) is 12.3.